The zero-order valence-corrected chi connectivity index (χ0v) is 44.2. The monoisotopic (exact) mass is 1020 g/mol. The van der Waals surface area contributed by atoms with Crippen LogP contribution in [0.3, 0.4) is 0 Å². The fourth-order valence-electron chi connectivity index (χ4n) is 10.5. The van der Waals surface area contributed by atoms with Crippen LogP contribution in [0.1, 0.15) is 106 Å². The van der Waals surface area contributed by atoms with E-state index < -0.39 is 126 Å². The van der Waals surface area contributed by atoms with Gasteiger partial charge in [-0.2, -0.15) is 0 Å². The van der Waals surface area contributed by atoms with Crippen molar-refractivity contribution in [3.8, 4) is 0 Å². The molecule has 3 fully saturated rings. The lowest BCUT2D eigenvalue weighted by atomic mass is 9.73. The largest absolute Gasteiger partial charge is 0.509 e. The summed E-state index contributed by atoms with van der Waals surface area (Å²) >= 11 is 0. The smallest absolute Gasteiger partial charge is 0.459 e. The van der Waals surface area contributed by atoms with Crippen LogP contribution >= 0.6 is 0 Å². The molecule has 5 rings (SSSR count). The Labute approximate surface area is 424 Å². The Balaban J connectivity index is 1.64. The van der Waals surface area contributed by atoms with E-state index in [2.05, 4.69) is 5.16 Å². The number of rotatable bonds is 13. The molecule has 3 saturated heterocycles. The van der Waals surface area contributed by atoms with Gasteiger partial charge in [0.15, 0.2) is 18.7 Å². The van der Waals surface area contributed by atoms with Gasteiger partial charge >= 0.3 is 18.2 Å². The number of oxime groups is 1. The summed E-state index contributed by atoms with van der Waals surface area (Å²) in [6.07, 6.45) is -13.5. The Morgan fingerprint density at radius 2 is 1.40 bits per heavy atom. The number of esters is 1. The number of carbonyl (C=O) groups excluding carboxylic acids is 3. The minimum atomic E-state index is -2.00. The number of nitrogens with zero attached hydrogens (tertiary/aromatic N) is 2. The lowest BCUT2D eigenvalue weighted by molar-refractivity contribution is -0.318. The maximum Gasteiger partial charge on any atom is 0.509 e. The molecule has 3 heterocycles. The van der Waals surface area contributed by atoms with Crippen molar-refractivity contribution in [3.63, 3.8) is 0 Å². The number of benzene rings is 2. The van der Waals surface area contributed by atoms with Gasteiger partial charge in [0.25, 0.3) is 0 Å². The van der Waals surface area contributed by atoms with E-state index in [1.54, 1.807) is 79.7 Å². The highest BCUT2D eigenvalue weighted by Crippen LogP contribution is 2.41. The third kappa shape index (κ3) is 14.0. The Bertz CT molecular complexity index is 2080. The van der Waals surface area contributed by atoms with E-state index in [0.717, 1.165) is 5.56 Å². The number of hydrogen-bond donors (Lipinski definition) is 4. The molecule has 404 valence electrons. The quantitative estimate of drug-likeness (QED) is 0.0980. The summed E-state index contributed by atoms with van der Waals surface area (Å²) in [7, 11) is 4.32. The molecule has 0 saturated carbocycles. The van der Waals surface area contributed by atoms with Crippen LogP contribution in [0.5, 0.6) is 0 Å². The third-order valence-corrected chi connectivity index (χ3v) is 14.8. The van der Waals surface area contributed by atoms with Gasteiger partial charge in [-0.3, -0.25) is 4.79 Å². The van der Waals surface area contributed by atoms with Gasteiger partial charge in [0.05, 0.1) is 59.4 Å². The molecule has 0 aliphatic carbocycles. The highest BCUT2D eigenvalue weighted by atomic mass is 16.8. The molecule has 2 aromatic carbocycles. The van der Waals surface area contributed by atoms with E-state index in [9.17, 15) is 34.8 Å². The predicted molar refractivity (Wildman–Crippen MR) is 262 cm³/mol. The van der Waals surface area contributed by atoms with Crippen molar-refractivity contribution in [2.45, 2.75) is 192 Å². The minimum absolute atomic E-state index is 0.0187. The first-order valence-electron chi connectivity index (χ1n) is 25.0. The van der Waals surface area contributed by atoms with E-state index in [0.29, 0.717) is 5.56 Å². The molecule has 0 radical (unpaired) electrons. The fraction of sp³-hybridized carbons (Fsp3) is 0.698. The standard InChI is InChI=1S/C53H80N2O17/c1-14-39-53(10,62)44(56)32(4)41(54-64-13)30(2)26-51(8,61)46(33(5)42(34(6)47(58)69-39)70-40-27-52(9,63-12)45(57)35(7)68-40)72-48-43(71-50(60)66-29-37-23-19-16-20-24-37)38(25-31(3)67-48)55(11)49(59)65-28-36-21-17-15-18-22-36/h15-24,30-35,38-40,42-46,48,56-57,61-62H,14,25-29H2,1-13H3/b54-41+/t30-,31-,32+,33+,34-,35+,38+,39-,40+,42+,43-,44-,45+,46-,48+,51-,52-,53-/m1/s1. The van der Waals surface area contributed by atoms with Crippen molar-refractivity contribution >= 4 is 23.9 Å². The first-order valence-corrected chi connectivity index (χ1v) is 25.0. The van der Waals surface area contributed by atoms with Crippen molar-refractivity contribution < 1.29 is 82.3 Å². The Hall–Kier alpha value is -4.44. The Morgan fingerprint density at radius 3 is 1.97 bits per heavy atom. The third-order valence-electron chi connectivity index (χ3n) is 14.8. The molecule has 1 amide bonds. The fourth-order valence-corrected chi connectivity index (χ4v) is 10.5. The average Bonchev–Trinajstić information content (AvgIpc) is 3.35. The molecule has 0 spiro atoms. The second-order valence-electron chi connectivity index (χ2n) is 20.6. The van der Waals surface area contributed by atoms with Crippen LogP contribution in [-0.2, 0) is 65.5 Å². The summed E-state index contributed by atoms with van der Waals surface area (Å²) in [5.41, 5.74) is -3.35. The number of carbonyl (C=O) groups is 3. The number of likely N-dealkylation sites (N-methyl/N-ethyl adjacent to an activating group) is 1. The van der Waals surface area contributed by atoms with E-state index >= 15 is 0 Å². The number of hydrogen-bond acceptors (Lipinski definition) is 18. The number of methoxy groups -OCH3 is 1. The summed E-state index contributed by atoms with van der Waals surface area (Å²) in [6, 6.07) is 17.2. The second kappa shape index (κ2) is 25.2. The lowest BCUT2D eigenvalue weighted by Crippen LogP contribution is -2.62. The zero-order valence-electron chi connectivity index (χ0n) is 44.2. The van der Waals surface area contributed by atoms with Crippen LogP contribution in [-0.4, -0.2) is 155 Å². The number of amides is 1. The number of cyclic esters (lactones) is 1. The lowest BCUT2D eigenvalue weighted by Gasteiger charge is -2.49. The SMILES string of the molecule is CC[C@H]1OC(=O)[C@H](C)[C@@H](O[C@H]2C[C@@](C)(OC)[C@@H](O)[C@H](C)O2)[C@H](C)[C@@H](O[C@@H]2O[C@H](C)C[C@H](N(C)C(=O)OCc3ccccc3)[C@H]2OC(=O)OCc2ccccc2)[C@](C)(O)C[C@@H](C)/C(=N\OC)[C@H](C)[C@@H](O)[C@]1(C)O. The van der Waals surface area contributed by atoms with E-state index in [-0.39, 0.29) is 44.6 Å². The molecule has 3 aliphatic heterocycles. The molecule has 0 bridgehead atoms. The second-order valence-corrected chi connectivity index (χ2v) is 20.6. The Morgan fingerprint density at radius 1 is 0.806 bits per heavy atom. The van der Waals surface area contributed by atoms with Gasteiger partial charge in [-0.1, -0.05) is 93.5 Å². The van der Waals surface area contributed by atoms with Crippen LogP contribution in [0.15, 0.2) is 65.8 Å². The van der Waals surface area contributed by atoms with Crippen molar-refractivity contribution in [2.75, 3.05) is 21.3 Å². The molecule has 3 aliphatic rings. The maximum atomic E-state index is 14.6. The number of aliphatic hydroxyl groups excluding tert-OH is 2. The highest BCUT2D eigenvalue weighted by molar-refractivity contribution is 5.88. The first-order chi connectivity index (χ1) is 33.9. The van der Waals surface area contributed by atoms with Crippen molar-refractivity contribution in [3.05, 3.63) is 71.8 Å². The van der Waals surface area contributed by atoms with Gasteiger partial charge in [-0.15, -0.1) is 0 Å². The van der Waals surface area contributed by atoms with Gasteiger partial charge in [-0.25, -0.2) is 9.59 Å². The number of aliphatic hydroxyl groups is 4. The van der Waals surface area contributed by atoms with Crippen LogP contribution in [0, 0.1) is 23.7 Å². The summed E-state index contributed by atoms with van der Waals surface area (Å²) in [5, 5.41) is 52.5. The maximum absolute atomic E-state index is 14.6. The molecule has 4 N–H and O–H groups in total. The predicted octanol–water partition coefficient (Wildman–Crippen LogP) is 6.29. The van der Waals surface area contributed by atoms with Gasteiger partial charge in [0.2, 0.25) is 0 Å². The summed E-state index contributed by atoms with van der Waals surface area (Å²) in [4.78, 5) is 49.0. The summed E-state index contributed by atoms with van der Waals surface area (Å²) in [5.74, 6) is -4.59. The van der Waals surface area contributed by atoms with Crippen molar-refractivity contribution in [1.82, 2.24) is 4.90 Å². The van der Waals surface area contributed by atoms with Crippen LogP contribution < -0.4 is 0 Å². The van der Waals surface area contributed by atoms with Gasteiger partial charge in [-0.05, 0) is 71.9 Å². The van der Waals surface area contributed by atoms with Crippen LogP contribution in [0.2, 0.25) is 0 Å². The molecule has 0 unspecified atom stereocenters. The molecular weight excluding hydrogens is 937 g/mol. The van der Waals surface area contributed by atoms with E-state index in [1.165, 1.54) is 40.0 Å². The summed E-state index contributed by atoms with van der Waals surface area (Å²) in [6.45, 7) is 16.3. The first kappa shape index (κ1) is 58.4. The molecule has 19 nitrogen and oxygen atoms in total. The van der Waals surface area contributed by atoms with Crippen LogP contribution in [0.25, 0.3) is 0 Å². The molecule has 0 aromatic heterocycles. The Kier molecular flexibility index (Phi) is 20.5. The van der Waals surface area contributed by atoms with Crippen molar-refractivity contribution in [1.29, 1.82) is 0 Å². The molecule has 18 atom stereocenters. The number of ether oxygens (including phenoxy) is 9. The zero-order chi connectivity index (χ0) is 53.3. The van der Waals surface area contributed by atoms with E-state index in [1.807, 2.05) is 36.4 Å². The molecular formula is C53H80N2O17. The summed E-state index contributed by atoms with van der Waals surface area (Å²) < 4.78 is 56.0. The van der Waals surface area contributed by atoms with E-state index in [4.69, 9.17) is 47.5 Å². The van der Waals surface area contributed by atoms with Gasteiger partial charge < -0.3 is 72.8 Å². The molecule has 19 heteroatoms. The normalized spacial score (nSPS) is 38.7. The topological polar surface area (TPSA) is 240 Å². The molecule has 2 aromatic rings. The van der Waals surface area contributed by atoms with Crippen molar-refractivity contribution in [2.24, 2.45) is 28.8 Å². The minimum Gasteiger partial charge on any atom is -0.459 e. The van der Waals surface area contributed by atoms with Gasteiger partial charge in [0.1, 0.15) is 38.1 Å². The average molecular weight is 1020 g/mol. The van der Waals surface area contributed by atoms with Crippen LogP contribution in [0.4, 0.5) is 9.59 Å². The highest BCUT2D eigenvalue weighted by Gasteiger charge is 2.54. The molecule has 72 heavy (non-hydrogen) atoms. The van der Waals surface area contributed by atoms with Gasteiger partial charge in [0, 0.05) is 38.3 Å².